The molecular formula is C9H13N3O. The zero-order valence-electron chi connectivity index (χ0n) is 8.11. The molecule has 4 heteroatoms. The Morgan fingerprint density at radius 3 is 2.62 bits per heavy atom. The van der Waals surface area contributed by atoms with Gasteiger partial charge in [0.05, 0.1) is 5.41 Å². The van der Waals surface area contributed by atoms with Gasteiger partial charge in [-0.15, -0.1) is 0 Å². The van der Waals surface area contributed by atoms with Crippen LogP contribution in [0.25, 0.3) is 0 Å². The molecule has 0 saturated carbocycles. The first kappa shape index (κ1) is 8.29. The van der Waals surface area contributed by atoms with Gasteiger partial charge in [0.1, 0.15) is 0 Å². The molecule has 2 rings (SSSR count). The van der Waals surface area contributed by atoms with E-state index < -0.39 is 0 Å². The highest BCUT2D eigenvalue weighted by atomic mass is 16.2. The van der Waals surface area contributed by atoms with Crippen LogP contribution < -0.4 is 4.90 Å². The molecule has 0 unspecified atom stereocenters. The Morgan fingerprint density at radius 2 is 2.23 bits per heavy atom. The summed E-state index contributed by atoms with van der Waals surface area (Å²) in [5.41, 5.74) is -0.197. The molecule has 0 aliphatic carbocycles. The van der Waals surface area contributed by atoms with Gasteiger partial charge < -0.3 is 0 Å². The molecule has 1 aromatic heterocycles. The Kier molecular flexibility index (Phi) is 1.49. The predicted molar refractivity (Wildman–Crippen MR) is 49.3 cm³/mol. The minimum Gasteiger partial charge on any atom is -0.294 e. The monoisotopic (exact) mass is 179 g/mol. The van der Waals surface area contributed by atoms with E-state index in [4.69, 9.17) is 0 Å². The van der Waals surface area contributed by atoms with Crippen LogP contribution in [-0.2, 0) is 11.8 Å². The Labute approximate surface area is 77.1 Å². The zero-order valence-corrected chi connectivity index (χ0v) is 8.11. The average Bonchev–Trinajstić information content (AvgIpc) is 2.47. The SMILES string of the molecule is Cn1ccc(N2CC(C)(C)C2=O)n1. The number of rotatable bonds is 1. The van der Waals surface area contributed by atoms with Gasteiger partial charge in [0.15, 0.2) is 5.82 Å². The van der Waals surface area contributed by atoms with Crippen LogP contribution in [0.2, 0.25) is 0 Å². The van der Waals surface area contributed by atoms with E-state index in [0.29, 0.717) is 0 Å². The molecule has 0 radical (unpaired) electrons. The van der Waals surface area contributed by atoms with E-state index >= 15 is 0 Å². The number of aryl methyl sites for hydroxylation is 1. The minimum absolute atomic E-state index is 0.159. The van der Waals surface area contributed by atoms with Crippen molar-refractivity contribution < 1.29 is 4.79 Å². The lowest BCUT2D eigenvalue weighted by Crippen LogP contribution is -2.58. The Bertz CT molecular complexity index is 353. The number of carbonyl (C=O) groups is 1. The van der Waals surface area contributed by atoms with Crippen molar-refractivity contribution in [2.24, 2.45) is 12.5 Å². The maximum Gasteiger partial charge on any atom is 0.235 e. The topological polar surface area (TPSA) is 38.1 Å². The molecule has 0 aromatic carbocycles. The summed E-state index contributed by atoms with van der Waals surface area (Å²) in [4.78, 5) is 13.3. The molecule has 0 bridgehead atoms. The predicted octanol–water partition coefficient (Wildman–Crippen LogP) is 0.793. The van der Waals surface area contributed by atoms with Crippen molar-refractivity contribution in [3.63, 3.8) is 0 Å². The second-order valence-electron chi connectivity index (χ2n) is 4.12. The maximum atomic E-state index is 11.6. The fourth-order valence-electron chi connectivity index (χ4n) is 1.54. The van der Waals surface area contributed by atoms with Gasteiger partial charge in [-0.25, -0.2) is 0 Å². The molecule has 1 aliphatic rings. The molecule has 13 heavy (non-hydrogen) atoms. The van der Waals surface area contributed by atoms with Gasteiger partial charge in [-0.3, -0.25) is 14.4 Å². The summed E-state index contributed by atoms with van der Waals surface area (Å²) in [6.45, 7) is 4.67. The second kappa shape index (κ2) is 2.34. The van der Waals surface area contributed by atoms with E-state index in [1.165, 1.54) is 0 Å². The van der Waals surface area contributed by atoms with Crippen molar-refractivity contribution in [3.05, 3.63) is 12.3 Å². The largest absolute Gasteiger partial charge is 0.294 e. The number of hydrogen-bond donors (Lipinski definition) is 0. The zero-order chi connectivity index (χ0) is 9.64. The smallest absolute Gasteiger partial charge is 0.235 e. The normalized spacial score (nSPS) is 20.2. The number of carbonyl (C=O) groups excluding carboxylic acids is 1. The summed E-state index contributed by atoms with van der Waals surface area (Å²) in [6, 6.07) is 1.85. The average molecular weight is 179 g/mol. The highest BCUT2D eigenvalue weighted by Gasteiger charge is 2.45. The van der Waals surface area contributed by atoms with Crippen molar-refractivity contribution >= 4 is 11.7 Å². The van der Waals surface area contributed by atoms with Crippen molar-refractivity contribution in [2.75, 3.05) is 11.4 Å². The first-order valence-electron chi connectivity index (χ1n) is 4.32. The van der Waals surface area contributed by atoms with Gasteiger partial charge in [0, 0.05) is 25.9 Å². The molecular weight excluding hydrogens is 166 g/mol. The first-order chi connectivity index (χ1) is 6.00. The molecule has 0 atom stereocenters. The lowest BCUT2D eigenvalue weighted by Gasteiger charge is -2.43. The Morgan fingerprint density at radius 1 is 1.54 bits per heavy atom. The van der Waals surface area contributed by atoms with Crippen LogP contribution >= 0.6 is 0 Å². The standard InChI is InChI=1S/C9H13N3O/c1-9(2)6-12(8(9)13)7-4-5-11(3)10-7/h4-5H,6H2,1-3H3. The lowest BCUT2D eigenvalue weighted by molar-refractivity contribution is -0.132. The first-order valence-corrected chi connectivity index (χ1v) is 4.32. The molecule has 70 valence electrons. The van der Waals surface area contributed by atoms with E-state index in [9.17, 15) is 4.79 Å². The van der Waals surface area contributed by atoms with Crippen LogP contribution in [0.5, 0.6) is 0 Å². The minimum atomic E-state index is -0.197. The van der Waals surface area contributed by atoms with Crippen molar-refractivity contribution in [3.8, 4) is 0 Å². The Balaban J connectivity index is 2.19. The third kappa shape index (κ3) is 1.13. The van der Waals surface area contributed by atoms with E-state index in [-0.39, 0.29) is 11.3 Å². The van der Waals surface area contributed by atoms with Crippen LogP contribution in [0.3, 0.4) is 0 Å². The summed E-state index contributed by atoms with van der Waals surface area (Å²) in [7, 11) is 1.85. The number of amides is 1. The van der Waals surface area contributed by atoms with Gasteiger partial charge in [-0.2, -0.15) is 5.10 Å². The van der Waals surface area contributed by atoms with Crippen molar-refractivity contribution in [1.82, 2.24) is 9.78 Å². The molecule has 2 heterocycles. The molecule has 0 N–H and O–H groups in total. The highest BCUT2D eigenvalue weighted by Crippen LogP contribution is 2.33. The molecule has 1 saturated heterocycles. The summed E-state index contributed by atoms with van der Waals surface area (Å²) >= 11 is 0. The third-order valence-electron chi connectivity index (χ3n) is 2.35. The molecule has 1 fully saturated rings. The van der Waals surface area contributed by atoms with Gasteiger partial charge in [-0.1, -0.05) is 0 Å². The quantitative estimate of drug-likeness (QED) is 0.598. The van der Waals surface area contributed by atoms with Gasteiger partial charge in [0.2, 0.25) is 5.91 Å². The van der Waals surface area contributed by atoms with E-state index in [0.717, 1.165) is 12.4 Å². The summed E-state index contributed by atoms with van der Waals surface area (Å²) in [5.74, 6) is 0.915. The molecule has 0 spiro atoms. The van der Waals surface area contributed by atoms with Gasteiger partial charge in [0.25, 0.3) is 0 Å². The molecule has 1 aromatic rings. The molecule has 1 aliphatic heterocycles. The van der Waals surface area contributed by atoms with Gasteiger partial charge in [-0.05, 0) is 13.8 Å². The molecule has 1 amide bonds. The number of aromatic nitrogens is 2. The second-order valence-corrected chi connectivity index (χ2v) is 4.12. The summed E-state index contributed by atoms with van der Waals surface area (Å²) < 4.78 is 1.70. The van der Waals surface area contributed by atoms with E-state index in [1.807, 2.05) is 33.2 Å². The van der Waals surface area contributed by atoms with Crippen LogP contribution in [0.1, 0.15) is 13.8 Å². The number of nitrogens with zero attached hydrogens (tertiary/aromatic N) is 3. The van der Waals surface area contributed by atoms with E-state index in [2.05, 4.69) is 5.10 Å². The fraction of sp³-hybridized carbons (Fsp3) is 0.556. The van der Waals surface area contributed by atoms with Crippen LogP contribution in [0, 0.1) is 5.41 Å². The highest BCUT2D eigenvalue weighted by molar-refractivity contribution is 6.03. The lowest BCUT2D eigenvalue weighted by atomic mass is 9.83. The number of β-lactam (4-membered cyclic amide) rings is 1. The maximum absolute atomic E-state index is 11.6. The summed E-state index contributed by atoms with van der Waals surface area (Å²) in [5, 5.41) is 4.17. The van der Waals surface area contributed by atoms with Crippen LogP contribution in [-0.4, -0.2) is 22.2 Å². The Hall–Kier alpha value is -1.32. The van der Waals surface area contributed by atoms with Crippen molar-refractivity contribution in [2.45, 2.75) is 13.8 Å². The summed E-state index contributed by atoms with van der Waals surface area (Å²) in [6.07, 6.45) is 1.84. The van der Waals surface area contributed by atoms with Crippen LogP contribution in [0.4, 0.5) is 5.82 Å². The van der Waals surface area contributed by atoms with E-state index in [1.54, 1.807) is 9.58 Å². The fourth-order valence-corrected chi connectivity index (χ4v) is 1.54. The number of hydrogen-bond acceptors (Lipinski definition) is 2. The molecule has 4 nitrogen and oxygen atoms in total. The van der Waals surface area contributed by atoms with Gasteiger partial charge >= 0.3 is 0 Å². The number of anilines is 1. The van der Waals surface area contributed by atoms with Crippen molar-refractivity contribution in [1.29, 1.82) is 0 Å². The third-order valence-corrected chi connectivity index (χ3v) is 2.35. The van der Waals surface area contributed by atoms with Crippen LogP contribution in [0.15, 0.2) is 12.3 Å².